The highest BCUT2D eigenvalue weighted by molar-refractivity contribution is 5.84. The van der Waals surface area contributed by atoms with Crippen molar-refractivity contribution in [3.05, 3.63) is 33.4 Å². The Morgan fingerprint density at radius 1 is 0.560 bits per heavy atom. The van der Waals surface area contributed by atoms with Crippen LogP contribution < -0.4 is 29.6 Å². The fourth-order valence-electron chi connectivity index (χ4n) is 5.93. The molecular weight excluding hydrogens is 632 g/mol. The Morgan fingerprint density at radius 3 is 1.16 bits per heavy atom. The summed E-state index contributed by atoms with van der Waals surface area (Å²) < 4.78 is 23.1. The van der Waals surface area contributed by atoms with E-state index >= 15 is 0 Å². The topological polar surface area (TPSA) is 173 Å². The number of methoxy groups -OCH3 is 2. The third-order valence-corrected chi connectivity index (χ3v) is 8.21. The number of nitrogens with zero attached hydrogens (tertiary/aromatic N) is 4. The Hall–Kier alpha value is -5.13. The molecule has 268 valence electrons. The van der Waals surface area contributed by atoms with E-state index in [1.165, 1.54) is 14.2 Å². The molecule has 0 fully saturated rings. The molecule has 0 heterocycles. The van der Waals surface area contributed by atoms with Crippen LogP contribution in [0.1, 0.15) is 140 Å². The van der Waals surface area contributed by atoms with E-state index in [1.807, 2.05) is 41.5 Å². The summed E-state index contributed by atoms with van der Waals surface area (Å²) in [5.41, 5.74) is 0.239. The predicted octanol–water partition coefficient (Wildman–Crippen LogP) is 9.35. The number of anilines is 2. The molecule has 2 N–H and O–H groups in total. The van der Waals surface area contributed by atoms with Crippen molar-refractivity contribution >= 4 is 17.5 Å². The van der Waals surface area contributed by atoms with Crippen molar-refractivity contribution in [3.63, 3.8) is 0 Å². The number of benzene rings is 2. The van der Waals surface area contributed by atoms with E-state index in [1.54, 1.807) is 0 Å². The summed E-state index contributed by atoms with van der Waals surface area (Å²) in [7, 11) is 2.74. The molecule has 11 heteroatoms. The zero-order valence-electron chi connectivity index (χ0n) is 31.4. The minimum Gasteiger partial charge on any atom is -0.492 e. The average Bonchev–Trinajstić information content (AvgIpc) is 3.06. The van der Waals surface area contributed by atoms with Crippen LogP contribution in [0.15, 0.2) is 0 Å². The third-order valence-electron chi connectivity index (χ3n) is 8.21. The lowest BCUT2D eigenvalue weighted by atomic mass is 9.81. The molecule has 0 aliphatic rings. The molecular formula is C39H52N6O5. The van der Waals surface area contributed by atoms with E-state index in [0.29, 0.717) is 24.2 Å². The van der Waals surface area contributed by atoms with Crippen LogP contribution in [0, 0.1) is 45.3 Å². The predicted molar refractivity (Wildman–Crippen MR) is 194 cm³/mol. The zero-order valence-corrected chi connectivity index (χ0v) is 31.4. The highest BCUT2D eigenvalue weighted by atomic mass is 16.7. The molecule has 2 aromatic rings. The molecule has 50 heavy (non-hydrogen) atoms. The number of carbonyl (C=O) groups is 1. The molecule has 0 amide bonds. The number of hydrogen-bond donors (Lipinski definition) is 2. The molecule has 2 aromatic carbocycles. The van der Waals surface area contributed by atoms with E-state index in [-0.39, 0.29) is 56.6 Å². The van der Waals surface area contributed by atoms with Crippen molar-refractivity contribution < 1.29 is 23.7 Å². The zero-order chi connectivity index (χ0) is 37.6. The van der Waals surface area contributed by atoms with Gasteiger partial charge in [0, 0.05) is 24.2 Å². The van der Waals surface area contributed by atoms with Crippen LogP contribution in [0.3, 0.4) is 0 Å². The molecule has 0 radical (unpaired) electrons. The summed E-state index contributed by atoms with van der Waals surface area (Å²) in [6.45, 7) is 16.5. The fraction of sp³-hybridized carbons (Fsp3) is 0.564. The van der Waals surface area contributed by atoms with E-state index < -0.39 is 17.0 Å². The van der Waals surface area contributed by atoms with Gasteiger partial charge in [-0.2, -0.15) is 21.0 Å². The van der Waals surface area contributed by atoms with Crippen molar-refractivity contribution in [2.45, 2.75) is 118 Å². The largest absolute Gasteiger partial charge is 0.519 e. The monoisotopic (exact) mass is 684 g/mol. The Bertz CT molecular complexity index is 1570. The van der Waals surface area contributed by atoms with Gasteiger partial charge in [-0.25, -0.2) is 4.79 Å². The second kappa shape index (κ2) is 18.6. The highest BCUT2D eigenvalue weighted by Gasteiger charge is 2.36. The van der Waals surface area contributed by atoms with Crippen molar-refractivity contribution in [2.75, 3.05) is 37.9 Å². The first-order valence-corrected chi connectivity index (χ1v) is 17.3. The number of hydrogen-bond acceptors (Lipinski definition) is 11. The van der Waals surface area contributed by atoms with Gasteiger partial charge in [0.15, 0.2) is 23.0 Å². The summed E-state index contributed by atoms with van der Waals surface area (Å²) >= 11 is 0. The summed E-state index contributed by atoms with van der Waals surface area (Å²) in [5.74, 6) is -0.375. The van der Waals surface area contributed by atoms with Gasteiger partial charge in [-0.3, -0.25) is 0 Å². The maximum atomic E-state index is 13.8. The Labute approximate surface area is 298 Å². The van der Waals surface area contributed by atoms with E-state index in [2.05, 4.69) is 48.8 Å². The Kier molecular flexibility index (Phi) is 15.3. The van der Waals surface area contributed by atoms with Gasteiger partial charge < -0.3 is 29.6 Å². The van der Waals surface area contributed by atoms with Gasteiger partial charge in [0.05, 0.1) is 36.7 Å². The summed E-state index contributed by atoms with van der Waals surface area (Å²) in [5, 5.41) is 48.0. The van der Waals surface area contributed by atoms with Gasteiger partial charge in [-0.05, 0) is 23.7 Å². The van der Waals surface area contributed by atoms with Crippen LogP contribution in [-0.4, -0.2) is 33.5 Å². The smallest absolute Gasteiger partial charge is 0.492 e. The molecule has 0 bridgehead atoms. The molecule has 0 spiro atoms. The van der Waals surface area contributed by atoms with Crippen LogP contribution in [0.2, 0.25) is 0 Å². The normalized spacial score (nSPS) is 11.0. The van der Waals surface area contributed by atoms with Gasteiger partial charge in [0.2, 0.25) is 0 Å². The van der Waals surface area contributed by atoms with Gasteiger partial charge >= 0.3 is 6.16 Å². The second-order valence-corrected chi connectivity index (χ2v) is 14.1. The van der Waals surface area contributed by atoms with Crippen LogP contribution in [0.25, 0.3) is 0 Å². The minimum atomic E-state index is -1.27. The van der Waals surface area contributed by atoms with E-state index in [9.17, 15) is 25.8 Å². The van der Waals surface area contributed by atoms with Crippen molar-refractivity contribution in [2.24, 2.45) is 0 Å². The van der Waals surface area contributed by atoms with Gasteiger partial charge in [0.25, 0.3) is 0 Å². The molecule has 0 atom stereocenters. The lowest BCUT2D eigenvalue weighted by Gasteiger charge is -2.28. The highest BCUT2D eigenvalue weighted by Crippen LogP contribution is 2.49. The average molecular weight is 685 g/mol. The first-order chi connectivity index (χ1) is 23.7. The first kappa shape index (κ1) is 41.0. The van der Waals surface area contributed by atoms with Gasteiger partial charge in [0.1, 0.15) is 35.4 Å². The third kappa shape index (κ3) is 9.52. The Balaban J connectivity index is 2.83. The van der Waals surface area contributed by atoms with E-state index in [0.717, 1.165) is 51.4 Å². The Morgan fingerprint density at radius 2 is 0.900 bits per heavy atom. The number of rotatable bonds is 16. The van der Waals surface area contributed by atoms with E-state index in [4.69, 9.17) is 18.9 Å². The maximum absolute atomic E-state index is 13.8. The molecule has 0 aliphatic heterocycles. The maximum Gasteiger partial charge on any atom is 0.519 e. The minimum absolute atomic E-state index is 0.0381. The van der Waals surface area contributed by atoms with Gasteiger partial charge in [-0.15, -0.1) is 0 Å². The summed E-state index contributed by atoms with van der Waals surface area (Å²) in [6, 6.07) is 8.67. The number of nitrogens with one attached hydrogen (secondary N) is 2. The van der Waals surface area contributed by atoms with Gasteiger partial charge in [-0.1, -0.05) is 93.9 Å². The summed E-state index contributed by atoms with van der Waals surface area (Å²) in [4.78, 5) is 13.8. The summed E-state index contributed by atoms with van der Waals surface area (Å²) in [6.07, 6.45) is 6.46. The second-order valence-electron chi connectivity index (χ2n) is 14.1. The molecule has 0 aromatic heterocycles. The molecule has 0 saturated heterocycles. The molecule has 2 rings (SSSR count). The standard InChI is InChI=1S/C39H52N6O5/c1-11-13-15-17-19-44-31-25(21-40)29(38(3,4)5)35(47-9)33(27(31)23-42)49-37(46)50-34-28(24-43)32(45-20-18-16-14-12-2)26(22-41)30(36(34)48-10)39(6,7)8/h44-45H,11-20H2,1-10H3. The van der Waals surface area contributed by atoms with Crippen molar-refractivity contribution in [1.82, 2.24) is 0 Å². The number of nitriles is 4. The number of carbonyl (C=O) groups excluding carboxylic acids is 1. The first-order valence-electron chi connectivity index (χ1n) is 17.3. The number of unbranched alkanes of at least 4 members (excludes halogenated alkanes) is 6. The quantitative estimate of drug-likeness (QED) is 0.0979. The molecule has 0 saturated carbocycles. The van der Waals surface area contributed by atoms with Crippen molar-refractivity contribution in [3.8, 4) is 47.3 Å². The number of ether oxygens (including phenoxy) is 4. The lowest BCUT2D eigenvalue weighted by Crippen LogP contribution is -2.23. The van der Waals surface area contributed by atoms with Crippen LogP contribution in [0.4, 0.5) is 16.2 Å². The fourth-order valence-corrected chi connectivity index (χ4v) is 5.93. The molecule has 11 nitrogen and oxygen atoms in total. The van der Waals surface area contributed by atoms with Crippen LogP contribution in [0.5, 0.6) is 23.0 Å². The van der Waals surface area contributed by atoms with Crippen LogP contribution >= 0.6 is 0 Å². The molecule has 0 aliphatic carbocycles. The van der Waals surface area contributed by atoms with Crippen molar-refractivity contribution in [1.29, 1.82) is 21.0 Å². The van der Waals surface area contributed by atoms with Crippen LogP contribution in [-0.2, 0) is 10.8 Å². The lowest BCUT2D eigenvalue weighted by molar-refractivity contribution is 0.148. The SMILES string of the molecule is CCCCCCNc1c(C#N)c(OC(=O)Oc2c(C#N)c(NCCCCCC)c(C#N)c(C(C)(C)C)c2OC)c(OC)c(C(C)(C)C)c1C#N. The molecule has 0 unspecified atom stereocenters.